The minimum atomic E-state index is -4.91. The number of hydrogen-bond donors (Lipinski definition) is 1. The molecule has 0 spiro atoms. The first-order valence-electron chi connectivity index (χ1n) is 10.8. The molecule has 1 saturated carbocycles. The molecule has 0 aliphatic heterocycles. The quantitative estimate of drug-likeness (QED) is 0.519. The molecule has 3 rings (SSSR count). The highest BCUT2D eigenvalue weighted by atomic mass is 19.4. The molecule has 0 atom stereocenters. The van der Waals surface area contributed by atoms with Crippen LogP contribution in [0.25, 0.3) is 0 Å². The fourth-order valence-electron chi connectivity index (χ4n) is 4.24. The lowest BCUT2D eigenvalue weighted by molar-refractivity contribution is -0.143. The van der Waals surface area contributed by atoms with Gasteiger partial charge in [0.1, 0.15) is 0 Å². The van der Waals surface area contributed by atoms with Crippen LogP contribution in [0.4, 0.5) is 32.0 Å². The zero-order valence-corrected chi connectivity index (χ0v) is 17.9. The topological polar surface area (TPSA) is 46.3 Å². The van der Waals surface area contributed by atoms with Crippen molar-refractivity contribution in [3.05, 3.63) is 65.2 Å². The minimum absolute atomic E-state index is 0.0295. The lowest BCUT2D eigenvalue weighted by atomic mass is 9.81. The molecule has 0 aromatic heterocycles. The summed E-state index contributed by atoms with van der Waals surface area (Å²) in [5.41, 5.74) is 3.44. The number of halogens is 6. The Morgan fingerprint density at radius 2 is 1.42 bits per heavy atom. The SMILES string of the molecule is NC[C@H]1CC[C@H](C(=O)N(CCc2cc(C(F)(F)F)cc(C(F)(F)F)c2)c2ccccc2)CC1. The Morgan fingerprint density at radius 1 is 0.879 bits per heavy atom. The van der Waals surface area contributed by atoms with Crippen LogP contribution in [0.1, 0.15) is 42.4 Å². The van der Waals surface area contributed by atoms with Gasteiger partial charge in [-0.2, -0.15) is 26.3 Å². The molecule has 0 radical (unpaired) electrons. The van der Waals surface area contributed by atoms with Gasteiger partial charge in [-0.25, -0.2) is 0 Å². The number of anilines is 1. The van der Waals surface area contributed by atoms with Gasteiger partial charge in [-0.05, 0) is 80.5 Å². The first kappa shape index (κ1) is 25.1. The number of para-hydroxylation sites is 1. The fraction of sp³-hybridized carbons (Fsp3) is 0.458. The Morgan fingerprint density at radius 3 is 1.91 bits per heavy atom. The predicted molar refractivity (Wildman–Crippen MR) is 113 cm³/mol. The predicted octanol–water partition coefficient (Wildman–Crippen LogP) is 6.07. The van der Waals surface area contributed by atoms with Crippen molar-refractivity contribution in [2.75, 3.05) is 18.0 Å². The zero-order chi connectivity index (χ0) is 24.2. The minimum Gasteiger partial charge on any atom is -0.330 e. The highest BCUT2D eigenvalue weighted by molar-refractivity contribution is 5.95. The number of nitrogens with zero attached hydrogens (tertiary/aromatic N) is 1. The largest absolute Gasteiger partial charge is 0.416 e. The van der Waals surface area contributed by atoms with Gasteiger partial charge in [0.25, 0.3) is 0 Å². The summed E-state index contributed by atoms with van der Waals surface area (Å²) in [6.07, 6.45) is -7.02. The zero-order valence-electron chi connectivity index (χ0n) is 17.9. The van der Waals surface area contributed by atoms with Crippen LogP contribution in [-0.4, -0.2) is 19.0 Å². The lowest BCUT2D eigenvalue weighted by Crippen LogP contribution is -2.39. The van der Waals surface area contributed by atoms with Crippen molar-refractivity contribution < 1.29 is 31.1 Å². The summed E-state index contributed by atoms with van der Waals surface area (Å²) in [5, 5.41) is 0. The smallest absolute Gasteiger partial charge is 0.330 e. The molecule has 0 saturated heterocycles. The maximum atomic E-state index is 13.3. The van der Waals surface area contributed by atoms with E-state index in [1.54, 1.807) is 30.3 Å². The molecule has 1 amide bonds. The third-order valence-corrected chi connectivity index (χ3v) is 6.13. The van der Waals surface area contributed by atoms with E-state index < -0.39 is 23.5 Å². The summed E-state index contributed by atoms with van der Waals surface area (Å²) in [5.74, 6) is -0.0509. The molecule has 1 fully saturated rings. The molecule has 2 aromatic rings. The number of hydrogen-bond acceptors (Lipinski definition) is 2. The second kappa shape index (κ2) is 10.2. The molecular formula is C24H26F6N2O. The van der Waals surface area contributed by atoms with Gasteiger partial charge in [-0.1, -0.05) is 18.2 Å². The van der Waals surface area contributed by atoms with Gasteiger partial charge >= 0.3 is 12.4 Å². The van der Waals surface area contributed by atoms with Crippen LogP contribution in [-0.2, 0) is 23.6 Å². The van der Waals surface area contributed by atoms with Crippen LogP contribution in [0.15, 0.2) is 48.5 Å². The van der Waals surface area contributed by atoms with Crippen molar-refractivity contribution in [1.29, 1.82) is 0 Å². The molecule has 2 N–H and O–H groups in total. The third kappa shape index (κ3) is 6.50. The van der Waals surface area contributed by atoms with E-state index in [-0.39, 0.29) is 36.4 Å². The maximum Gasteiger partial charge on any atom is 0.416 e. The number of alkyl halides is 6. The molecule has 0 bridgehead atoms. The molecule has 180 valence electrons. The second-order valence-electron chi connectivity index (χ2n) is 8.44. The molecule has 0 heterocycles. The standard InChI is InChI=1S/C24H26F6N2O/c25-23(26,27)19-12-17(13-20(14-19)24(28,29)30)10-11-32(21-4-2-1-3-5-21)22(33)18-8-6-16(15-31)7-9-18/h1-5,12-14,16,18H,6-11,15,31H2/t16-,18-. The second-order valence-corrected chi connectivity index (χ2v) is 8.44. The van der Waals surface area contributed by atoms with Crippen molar-refractivity contribution in [3.63, 3.8) is 0 Å². The van der Waals surface area contributed by atoms with Crippen LogP contribution >= 0.6 is 0 Å². The number of benzene rings is 2. The van der Waals surface area contributed by atoms with Gasteiger partial charge in [0, 0.05) is 18.2 Å². The van der Waals surface area contributed by atoms with E-state index >= 15 is 0 Å². The van der Waals surface area contributed by atoms with Gasteiger partial charge in [-0.3, -0.25) is 4.79 Å². The van der Waals surface area contributed by atoms with Crippen molar-refractivity contribution in [1.82, 2.24) is 0 Å². The summed E-state index contributed by atoms with van der Waals surface area (Å²) in [7, 11) is 0. The number of carbonyl (C=O) groups excluding carboxylic acids is 1. The van der Waals surface area contributed by atoms with Gasteiger partial charge in [0.15, 0.2) is 0 Å². The monoisotopic (exact) mass is 472 g/mol. The number of amides is 1. The van der Waals surface area contributed by atoms with Crippen LogP contribution in [0.5, 0.6) is 0 Å². The molecule has 33 heavy (non-hydrogen) atoms. The van der Waals surface area contributed by atoms with E-state index in [9.17, 15) is 31.1 Å². The van der Waals surface area contributed by atoms with Gasteiger partial charge in [0.05, 0.1) is 11.1 Å². The molecule has 3 nitrogen and oxygen atoms in total. The molecule has 1 aliphatic carbocycles. The summed E-state index contributed by atoms with van der Waals surface area (Å²) in [6, 6.07) is 10.2. The van der Waals surface area contributed by atoms with Gasteiger partial charge < -0.3 is 10.6 Å². The van der Waals surface area contributed by atoms with Crippen LogP contribution in [0.2, 0.25) is 0 Å². The van der Waals surface area contributed by atoms with Crippen molar-refractivity contribution in [3.8, 4) is 0 Å². The summed E-state index contributed by atoms with van der Waals surface area (Å²) in [4.78, 5) is 14.8. The average molecular weight is 472 g/mol. The highest BCUT2D eigenvalue weighted by Crippen LogP contribution is 2.37. The van der Waals surface area contributed by atoms with Crippen LogP contribution in [0.3, 0.4) is 0 Å². The van der Waals surface area contributed by atoms with E-state index in [1.807, 2.05) is 0 Å². The van der Waals surface area contributed by atoms with E-state index in [0.717, 1.165) is 25.0 Å². The van der Waals surface area contributed by atoms with Crippen LogP contribution in [0, 0.1) is 11.8 Å². The first-order chi connectivity index (χ1) is 15.5. The van der Waals surface area contributed by atoms with Gasteiger partial charge in [-0.15, -0.1) is 0 Å². The van der Waals surface area contributed by atoms with Crippen molar-refractivity contribution in [2.45, 2.75) is 44.5 Å². The Labute approximate surface area is 188 Å². The number of nitrogens with two attached hydrogens (primary N) is 1. The van der Waals surface area contributed by atoms with E-state index in [0.29, 0.717) is 31.0 Å². The first-order valence-corrected chi connectivity index (χ1v) is 10.8. The van der Waals surface area contributed by atoms with E-state index in [4.69, 9.17) is 5.73 Å². The molecule has 2 aromatic carbocycles. The van der Waals surface area contributed by atoms with Crippen molar-refractivity contribution in [2.24, 2.45) is 17.6 Å². The van der Waals surface area contributed by atoms with Gasteiger partial charge in [0.2, 0.25) is 5.91 Å². The summed E-state index contributed by atoms with van der Waals surface area (Å²) in [6.45, 7) is 0.526. The molecular weight excluding hydrogens is 446 g/mol. The Hall–Kier alpha value is -2.55. The normalized spacial score (nSPS) is 19.4. The number of carbonyl (C=O) groups is 1. The Bertz CT molecular complexity index is 902. The number of rotatable bonds is 6. The van der Waals surface area contributed by atoms with Crippen LogP contribution < -0.4 is 10.6 Å². The fourth-order valence-corrected chi connectivity index (χ4v) is 4.24. The molecule has 0 unspecified atom stereocenters. The molecule has 1 aliphatic rings. The maximum absolute atomic E-state index is 13.3. The van der Waals surface area contributed by atoms with E-state index in [1.165, 1.54) is 4.90 Å². The van der Waals surface area contributed by atoms with Crippen molar-refractivity contribution >= 4 is 11.6 Å². The summed E-state index contributed by atoms with van der Waals surface area (Å²) >= 11 is 0. The Balaban J connectivity index is 1.85. The van der Waals surface area contributed by atoms with E-state index in [2.05, 4.69) is 0 Å². The average Bonchev–Trinajstić information content (AvgIpc) is 2.78. The lowest BCUT2D eigenvalue weighted by Gasteiger charge is -2.32. The highest BCUT2D eigenvalue weighted by Gasteiger charge is 2.37. The molecule has 9 heteroatoms. The summed E-state index contributed by atoms with van der Waals surface area (Å²) < 4.78 is 79.1. The Kier molecular flexibility index (Phi) is 7.72. The third-order valence-electron chi connectivity index (χ3n) is 6.13.